The first-order valence-corrected chi connectivity index (χ1v) is 10.5. The van der Waals surface area contributed by atoms with E-state index in [1.807, 2.05) is 6.92 Å². The van der Waals surface area contributed by atoms with E-state index < -0.39 is 17.2 Å². The maximum Gasteiger partial charge on any atom is 0.278 e. The predicted octanol–water partition coefficient (Wildman–Crippen LogP) is 1.82. The number of carbonyl (C=O) groups is 1. The highest BCUT2D eigenvalue weighted by atomic mass is 79.9. The van der Waals surface area contributed by atoms with E-state index >= 15 is 0 Å². The number of amides is 1. The van der Waals surface area contributed by atoms with Gasteiger partial charge in [0.1, 0.15) is 5.01 Å². The van der Waals surface area contributed by atoms with Crippen molar-refractivity contribution >= 4 is 38.3 Å². The number of aromatic nitrogens is 4. The van der Waals surface area contributed by atoms with Crippen LogP contribution in [0.2, 0.25) is 0 Å². The molecule has 0 atom stereocenters. The third kappa shape index (κ3) is 4.01. The van der Waals surface area contributed by atoms with Gasteiger partial charge in [-0.2, -0.15) is 9.78 Å². The summed E-state index contributed by atoms with van der Waals surface area (Å²) in [7, 11) is 0. The van der Waals surface area contributed by atoms with Crippen LogP contribution in [-0.4, -0.2) is 62.1 Å². The van der Waals surface area contributed by atoms with E-state index in [0.29, 0.717) is 31.9 Å². The Kier molecular flexibility index (Phi) is 5.33. The summed E-state index contributed by atoms with van der Waals surface area (Å²) in [5.74, 6) is -0.836. The standard InChI is InChI=1S/C18H17BrN6O3S/c1-11-20-21-18(29-11)24-8-6-23(7-9-24)17(28)16-14(26)10-15(27)25(22-16)13-4-2-12(19)3-5-13/h2-5,10,26H,6-9H2,1H3. The summed E-state index contributed by atoms with van der Waals surface area (Å²) in [6.07, 6.45) is 0. The molecule has 1 aliphatic heterocycles. The highest BCUT2D eigenvalue weighted by molar-refractivity contribution is 9.10. The van der Waals surface area contributed by atoms with Gasteiger partial charge in [0, 0.05) is 36.7 Å². The second-order valence-electron chi connectivity index (χ2n) is 6.49. The molecule has 1 aromatic carbocycles. The van der Waals surface area contributed by atoms with Crippen LogP contribution in [0.25, 0.3) is 5.69 Å². The molecule has 4 rings (SSSR count). The van der Waals surface area contributed by atoms with Gasteiger partial charge in [-0.15, -0.1) is 10.2 Å². The Balaban J connectivity index is 1.55. The van der Waals surface area contributed by atoms with Crippen molar-refractivity contribution < 1.29 is 9.90 Å². The molecular formula is C18H17BrN6O3S. The molecule has 150 valence electrons. The van der Waals surface area contributed by atoms with Crippen LogP contribution in [0.4, 0.5) is 5.13 Å². The molecule has 1 saturated heterocycles. The molecule has 11 heteroatoms. The molecule has 1 fully saturated rings. The first kappa shape index (κ1) is 19.5. The second kappa shape index (κ2) is 7.91. The Morgan fingerprint density at radius 2 is 1.83 bits per heavy atom. The summed E-state index contributed by atoms with van der Waals surface area (Å²) < 4.78 is 1.97. The number of hydrogen-bond acceptors (Lipinski definition) is 8. The molecule has 0 spiro atoms. The van der Waals surface area contributed by atoms with E-state index in [4.69, 9.17) is 0 Å². The van der Waals surface area contributed by atoms with Gasteiger partial charge >= 0.3 is 0 Å². The molecule has 0 unspecified atom stereocenters. The fourth-order valence-corrected chi connectivity index (χ4v) is 4.03. The Bertz CT molecular complexity index is 1110. The maximum absolute atomic E-state index is 13.0. The zero-order chi connectivity index (χ0) is 20.5. The van der Waals surface area contributed by atoms with Crippen LogP contribution in [0, 0.1) is 6.92 Å². The molecule has 2 aromatic heterocycles. The Hall–Kier alpha value is -2.79. The summed E-state index contributed by atoms with van der Waals surface area (Å²) in [5.41, 5.74) is -0.158. The summed E-state index contributed by atoms with van der Waals surface area (Å²) >= 11 is 4.85. The van der Waals surface area contributed by atoms with Gasteiger partial charge in [-0.3, -0.25) is 9.59 Å². The van der Waals surface area contributed by atoms with E-state index in [1.165, 1.54) is 11.3 Å². The lowest BCUT2D eigenvalue weighted by atomic mass is 10.2. The number of anilines is 1. The molecule has 1 amide bonds. The highest BCUT2D eigenvalue weighted by Crippen LogP contribution is 2.22. The lowest BCUT2D eigenvalue weighted by Gasteiger charge is -2.34. The zero-order valence-corrected chi connectivity index (χ0v) is 17.9. The van der Waals surface area contributed by atoms with Gasteiger partial charge in [0.15, 0.2) is 11.4 Å². The number of piperazine rings is 1. The molecule has 29 heavy (non-hydrogen) atoms. The summed E-state index contributed by atoms with van der Waals surface area (Å²) in [4.78, 5) is 28.9. The summed E-state index contributed by atoms with van der Waals surface area (Å²) in [5, 5.41) is 24.2. The molecule has 0 radical (unpaired) electrons. The summed E-state index contributed by atoms with van der Waals surface area (Å²) in [6.45, 7) is 4.02. The number of aryl methyl sites for hydroxylation is 1. The quantitative estimate of drug-likeness (QED) is 0.614. The number of nitrogens with zero attached hydrogens (tertiary/aromatic N) is 6. The lowest BCUT2D eigenvalue weighted by Crippen LogP contribution is -2.49. The van der Waals surface area contributed by atoms with Crippen LogP contribution in [0.1, 0.15) is 15.5 Å². The Morgan fingerprint density at radius 3 is 2.45 bits per heavy atom. The van der Waals surface area contributed by atoms with E-state index in [9.17, 15) is 14.7 Å². The van der Waals surface area contributed by atoms with Gasteiger partial charge in [0.05, 0.1) is 5.69 Å². The monoisotopic (exact) mass is 476 g/mol. The molecule has 1 aliphatic rings. The van der Waals surface area contributed by atoms with E-state index in [1.54, 1.807) is 29.2 Å². The average molecular weight is 477 g/mol. The van der Waals surface area contributed by atoms with Crippen molar-refractivity contribution in [1.29, 1.82) is 0 Å². The van der Waals surface area contributed by atoms with Crippen molar-refractivity contribution in [2.45, 2.75) is 6.92 Å². The Labute approximate surface area is 178 Å². The van der Waals surface area contributed by atoms with Crippen molar-refractivity contribution in [3.8, 4) is 11.4 Å². The minimum atomic E-state index is -0.516. The van der Waals surface area contributed by atoms with Crippen molar-refractivity contribution in [2.75, 3.05) is 31.1 Å². The van der Waals surface area contributed by atoms with E-state index in [0.717, 1.165) is 25.4 Å². The van der Waals surface area contributed by atoms with Gasteiger partial charge in [-0.05, 0) is 31.2 Å². The third-order valence-corrected chi connectivity index (χ3v) is 5.97. The van der Waals surface area contributed by atoms with Gasteiger partial charge in [0.2, 0.25) is 5.13 Å². The topological polar surface area (TPSA) is 104 Å². The lowest BCUT2D eigenvalue weighted by molar-refractivity contribution is 0.0735. The van der Waals surface area contributed by atoms with Gasteiger partial charge in [0.25, 0.3) is 11.5 Å². The zero-order valence-electron chi connectivity index (χ0n) is 15.4. The average Bonchev–Trinajstić information content (AvgIpc) is 3.15. The Morgan fingerprint density at radius 1 is 1.14 bits per heavy atom. The number of hydrogen-bond donors (Lipinski definition) is 1. The van der Waals surface area contributed by atoms with Crippen LogP contribution in [0.3, 0.4) is 0 Å². The number of carbonyl (C=O) groups excluding carboxylic acids is 1. The predicted molar refractivity (Wildman–Crippen MR) is 112 cm³/mol. The van der Waals surface area contributed by atoms with Crippen molar-refractivity contribution in [1.82, 2.24) is 24.9 Å². The van der Waals surface area contributed by atoms with Crippen molar-refractivity contribution in [3.05, 3.63) is 55.9 Å². The second-order valence-corrected chi connectivity index (χ2v) is 8.56. The largest absolute Gasteiger partial charge is 0.505 e. The van der Waals surface area contributed by atoms with Crippen molar-refractivity contribution in [2.24, 2.45) is 0 Å². The third-order valence-electron chi connectivity index (χ3n) is 4.54. The molecule has 3 aromatic rings. The van der Waals surface area contributed by atoms with Crippen LogP contribution >= 0.6 is 27.3 Å². The molecule has 0 aliphatic carbocycles. The molecular weight excluding hydrogens is 460 g/mol. The van der Waals surface area contributed by atoms with Gasteiger partial charge < -0.3 is 14.9 Å². The van der Waals surface area contributed by atoms with Crippen molar-refractivity contribution in [3.63, 3.8) is 0 Å². The van der Waals surface area contributed by atoms with Crippen LogP contribution in [-0.2, 0) is 0 Å². The number of benzene rings is 1. The fourth-order valence-electron chi connectivity index (χ4n) is 3.03. The highest BCUT2D eigenvalue weighted by Gasteiger charge is 2.27. The molecule has 3 heterocycles. The fraction of sp³-hybridized carbons (Fsp3) is 0.278. The van der Waals surface area contributed by atoms with Gasteiger partial charge in [-0.1, -0.05) is 27.3 Å². The SMILES string of the molecule is Cc1nnc(N2CCN(C(=O)c3nn(-c4ccc(Br)cc4)c(=O)cc3O)CC2)s1. The normalized spacial score (nSPS) is 14.3. The van der Waals surface area contributed by atoms with E-state index in [2.05, 4.69) is 36.1 Å². The van der Waals surface area contributed by atoms with Crippen LogP contribution in [0.5, 0.6) is 5.75 Å². The summed E-state index contributed by atoms with van der Waals surface area (Å²) in [6, 6.07) is 7.96. The number of aromatic hydroxyl groups is 1. The minimum absolute atomic E-state index is 0.146. The molecule has 0 bridgehead atoms. The smallest absolute Gasteiger partial charge is 0.278 e. The van der Waals surface area contributed by atoms with Crippen LogP contribution in [0.15, 0.2) is 39.6 Å². The molecule has 0 saturated carbocycles. The molecule has 9 nitrogen and oxygen atoms in total. The number of rotatable bonds is 3. The first-order chi connectivity index (χ1) is 13.9. The number of halogens is 1. The molecule has 1 N–H and O–H groups in total. The maximum atomic E-state index is 13.0. The first-order valence-electron chi connectivity index (χ1n) is 8.86. The minimum Gasteiger partial charge on any atom is -0.505 e. The van der Waals surface area contributed by atoms with E-state index in [-0.39, 0.29) is 5.69 Å². The van der Waals surface area contributed by atoms with Gasteiger partial charge in [-0.25, -0.2) is 0 Å². The van der Waals surface area contributed by atoms with Crippen LogP contribution < -0.4 is 10.5 Å².